The summed E-state index contributed by atoms with van der Waals surface area (Å²) in [4.78, 5) is 4.85. The number of aromatic nitrogens is 2. The number of aryl methyl sites for hydroxylation is 1. The summed E-state index contributed by atoms with van der Waals surface area (Å²) in [6.45, 7) is 5.89. The van der Waals surface area contributed by atoms with E-state index in [4.69, 9.17) is 21.3 Å². The molecule has 1 heterocycles. The first-order valence-electron chi connectivity index (χ1n) is 10.1. The molecule has 3 nitrogen and oxygen atoms in total. The average Bonchev–Trinajstić information content (AvgIpc) is 3.10. The molecule has 4 heteroatoms. The Morgan fingerprint density at radius 3 is 2.38 bits per heavy atom. The zero-order valence-corrected chi connectivity index (χ0v) is 17.6. The van der Waals surface area contributed by atoms with Gasteiger partial charge in [-0.25, -0.2) is 4.98 Å². The molecule has 0 aliphatic carbocycles. The van der Waals surface area contributed by atoms with Gasteiger partial charge in [0.1, 0.15) is 11.6 Å². The summed E-state index contributed by atoms with van der Waals surface area (Å²) in [6, 6.07) is 24.5. The summed E-state index contributed by atoms with van der Waals surface area (Å²) >= 11 is 6.06. The van der Waals surface area contributed by atoms with Crippen molar-refractivity contribution >= 4 is 22.6 Å². The lowest BCUT2D eigenvalue weighted by Gasteiger charge is -2.11. The number of rotatable bonds is 7. The largest absolute Gasteiger partial charge is 0.494 e. The van der Waals surface area contributed by atoms with Gasteiger partial charge in [-0.2, -0.15) is 0 Å². The molecule has 0 atom stereocenters. The van der Waals surface area contributed by atoms with E-state index in [0.717, 1.165) is 46.2 Å². The van der Waals surface area contributed by atoms with E-state index in [1.807, 2.05) is 30.3 Å². The molecule has 0 radical (unpaired) electrons. The predicted octanol–water partition coefficient (Wildman–Crippen LogP) is 6.95. The summed E-state index contributed by atoms with van der Waals surface area (Å²) in [5.74, 6) is 2.41. The SMILES string of the molecule is CC(C)c1ccc(OCCCn2c(-c3ccc(Cl)cc3)nc3ccccc32)cc1. The highest BCUT2D eigenvalue weighted by Crippen LogP contribution is 2.26. The van der Waals surface area contributed by atoms with E-state index in [-0.39, 0.29) is 0 Å². The first kappa shape index (κ1) is 19.5. The molecule has 0 bridgehead atoms. The monoisotopic (exact) mass is 404 g/mol. The van der Waals surface area contributed by atoms with E-state index in [2.05, 4.69) is 60.9 Å². The molecule has 3 aromatic carbocycles. The predicted molar refractivity (Wildman–Crippen MR) is 121 cm³/mol. The zero-order valence-electron chi connectivity index (χ0n) is 16.8. The van der Waals surface area contributed by atoms with Gasteiger partial charge in [-0.15, -0.1) is 0 Å². The molecule has 148 valence electrons. The standard InChI is InChI=1S/C25H25ClN2O/c1-18(2)19-10-14-22(15-11-19)29-17-5-16-28-24-7-4-3-6-23(24)27-25(28)20-8-12-21(26)13-9-20/h3-4,6-15,18H,5,16-17H2,1-2H3. The highest BCUT2D eigenvalue weighted by Gasteiger charge is 2.12. The number of fused-ring (bicyclic) bond motifs is 1. The van der Waals surface area contributed by atoms with E-state index in [9.17, 15) is 0 Å². The van der Waals surface area contributed by atoms with Crippen LogP contribution in [0.15, 0.2) is 72.8 Å². The van der Waals surface area contributed by atoms with Crippen LogP contribution in [0.25, 0.3) is 22.4 Å². The fraction of sp³-hybridized carbons (Fsp3) is 0.240. The van der Waals surface area contributed by atoms with E-state index < -0.39 is 0 Å². The molecule has 0 fully saturated rings. The quantitative estimate of drug-likeness (QED) is 0.311. The number of imidazole rings is 1. The maximum Gasteiger partial charge on any atom is 0.141 e. The Labute approximate surface area is 176 Å². The van der Waals surface area contributed by atoms with Gasteiger partial charge >= 0.3 is 0 Å². The van der Waals surface area contributed by atoms with Crippen molar-refractivity contribution in [1.82, 2.24) is 9.55 Å². The highest BCUT2D eigenvalue weighted by atomic mass is 35.5. The van der Waals surface area contributed by atoms with E-state index in [1.165, 1.54) is 5.56 Å². The van der Waals surface area contributed by atoms with Crippen LogP contribution < -0.4 is 4.74 Å². The van der Waals surface area contributed by atoms with Crippen LogP contribution in [-0.2, 0) is 6.54 Å². The number of ether oxygens (including phenoxy) is 1. The van der Waals surface area contributed by atoms with Gasteiger partial charge in [0.15, 0.2) is 0 Å². The Balaban J connectivity index is 1.48. The minimum atomic E-state index is 0.532. The first-order chi connectivity index (χ1) is 14.1. The van der Waals surface area contributed by atoms with Gasteiger partial charge in [0.25, 0.3) is 0 Å². The summed E-state index contributed by atoms with van der Waals surface area (Å²) in [6.07, 6.45) is 0.896. The maximum absolute atomic E-state index is 6.06. The van der Waals surface area contributed by atoms with Crippen molar-refractivity contribution in [2.75, 3.05) is 6.61 Å². The van der Waals surface area contributed by atoms with Crippen molar-refractivity contribution in [2.24, 2.45) is 0 Å². The average molecular weight is 405 g/mol. The van der Waals surface area contributed by atoms with Crippen molar-refractivity contribution in [1.29, 1.82) is 0 Å². The third-order valence-corrected chi connectivity index (χ3v) is 5.35. The van der Waals surface area contributed by atoms with Crippen LogP contribution in [0.5, 0.6) is 5.75 Å². The van der Waals surface area contributed by atoms with E-state index in [0.29, 0.717) is 12.5 Å². The molecule has 4 aromatic rings. The van der Waals surface area contributed by atoms with Crippen LogP contribution in [-0.4, -0.2) is 16.2 Å². The number of benzene rings is 3. The van der Waals surface area contributed by atoms with Gasteiger partial charge in [-0.1, -0.05) is 49.7 Å². The van der Waals surface area contributed by atoms with Crippen molar-refractivity contribution in [2.45, 2.75) is 32.7 Å². The second-order valence-electron chi connectivity index (χ2n) is 7.51. The topological polar surface area (TPSA) is 27.1 Å². The van der Waals surface area contributed by atoms with Gasteiger partial charge < -0.3 is 9.30 Å². The molecule has 1 aromatic heterocycles. The molecule has 29 heavy (non-hydrogen) atoms. The molecule has 0 saturated carbocycles. The zero-order chi connectivity index (χ0) is 20.2. The number of hydrogen-bond acceptors (Lipinski definition) is 2. The fourth-order valence-electron chi connectivity index (χ4n) is 3.48. The summed E-state index contributed by atoms with van der Waals surface area (Å²) in [7, 11) is 0. The minimum absolute atomic E-state index is 0.532. The summed E-state index contributed by atoms with van der Waals surface area (Å²) in [5.41, 5.74) is 4.53. The van der Waals surface area contributed by atoms with Gasteiger partial charge in [0, 0.05) is 17.1 Å². The van der Waals surface area contributed by atoms with Crippen molar-refractivity contribution in [3.05, 3.63) is 83.4 Å². The van der Waals surface area contributed by atoms with E-state index in [1.54, 1.807) is 0 Å². The van der Waals surface area contributed by atoms with E-state index >= 15 is 0 Å². The van der Waals surface area contributed by atoms with Gasteiger partial charge in [0.05, 0.1) is 17.6 Å². The summed E-state index contributed by atoms with van der Waals surface area (Å²) < 4.78 is 8.23. The molecule has 0 saturated heterocycles. The number of hydrogen-bond donors (Lipinski definition) is 0. The lowest BCUT2D eigenvalue weighted by molar-refractivity contribution is 0.303. The van der Waals surface area contributed by atoms with Crippen LogP contribution in [0, 0.1) is 0 Å². The van der Waals surface area contributed by atoms with Crippen LogP contribution in [0.4, 0.5) is 0 Å². The number of halogens is 1. The Hall–Kier alpha value is -2.78. The molecule has 0 N–H and O–H groups in total. The Morgan fingerprint density at radius 2 is 1.66 bits per heavy atom. The van der Waals surface area contributed by atoms with Crippen LogP contribution in [0.3, 0.4) is 0 Å². The molecule has 0 unspecified atom stereocenters. The summed E-state index contributed by atoms with van der Waals surface area (Å²) in [5, 5.41) is 0.730. The second kappa shape index (κ2) is 8.71. The van der Waals surface area contributed by atoms with Crippen LogP contribution in [0.2, 0.25) is 5.02 Å². The molecule has 0 spiro atoms. The smallest absolute Gasteiger partial charge is 0.141 e. The highest BCUT2D eigenvalue weighted by molar-refractivity contribution is 6.30. The molecule has 0 aliphatic heterocycles. The van der Waals surface area contributed by atoms with Crippen LogP contribution >= 0.6 is 11.6 Å². The Kier molecular flexibility index (Phi) is 5.86. The van der Waals surface area contributed by atoms with Crippen molar-refractivity contribution < 1.29 is 4.74 Å². The van der Waals surface area contributed by atoms with Gasteiger partial charge in [-0.3, -0.25) is 0 Å². The fourth-order valence-corrected chi connectivity index (χ4v) is 3.61. The molecule has 0 aliphatic rings. The van der Waals surface area contributed by atoms with Gasteiger partial charge in [0.2, 0.25) is 0 Å². The minimum Gasteiger partial charge on any atom is -0.494 e. The Morgan fingerprint density at radius 1 is 0.931 bits per heavy atom. The molecular weight excluding hydrogens is 380 g/mol. The molecular formula is C25H25ClN2O. The Bertz CT molecular complexity index is 1080. The molecule has 4 rings (SSSR count). The van der Waals surface area contributed by atoms with Gasteiger partial charge in [-0.05, 0) is 66.4 Å². The van der Waals surface area contributed by atoms with Crippen molar-refractivity contribution in [3.63, 3.8) is 0 Å². The first-order valence-corrected chi connectivity index (χ1v) is 10.4. The second-order valence-corrected chi connectivity index (χ2v) is 7.94. The molecule has 0 amide bonds. The number of para-hydroxylation sites is 2. The normalized spacial score (nSPS) is 11.3. The third-order valence-electron chi connectivity index (χ3n) is 5.10. The van der Waals surface area contributed by atoms with Crippen molar-refractivity contribution in [3.8, 4) is 17.1 Å². The lowest BCUT2D eigenvalue weighted by Crippen LogP contribution is -2.06. The number of nitrogens with zero attached hydrogens (tertiary/aromatic N) is 2. The maximum atomic E-state index is 6.06. The van der Waals surface area contributed by atoms with Crippen LogP contribution in [0.1, 0.15) is 31.7 Å². The lowest BCUT2D eigenvalue weighted by atomic mass is 10.0. The third kappa shape index (κ3) is 4.46.